The minimum Gasteiger partial charge on any atom is -0.381 e. The van der Waals surface area contributed by atoms with Crippen LogP contribution in [-0.2, 0) is 4.74 Å². The Morgan fingerprint density at radius 1 is 1.08 bits per heavy atom. The van der Waals surface area contributed by atoms with Gasteiger partial charge in [-0.15, -0.1) is 0 Å². The molecule has 0 bridgehead atoms. The lowest BCUT2D eigenvalue weighted by molar-refractivity contribution is 0.198. The van der Waals surface area contributed by atoms with Gasteiger partial charge in [0.1, 0.15) is 0 Å². The monoisotopic (exact) mass is 222 g/mol. The fourth-order valence-corrected chi connectivity index (χ4v) is 0.510. The van der Waals surface area contributed by atoms with Gasteiger partial charge in [-0.05, 0) is 17.9 Å². The van der Waals surface area contributed by atoms with E-state index in [9.17, 15) is 0 Å². The lowest BCUT2D eigenvalue weighted by Crippen LogP contribution is -2.29. The second-order valence-electron chi connectivity index (χ2n) is 5.04. The number of ether oxygens (including phenoxy) is 1. The predicted octanol–water partition coefficient (Wildman–Crippen LogP) is 4.03. The van der Waals surface area contributed by atoms with E-state index in [4.69, 9.17) is 15.8 Å². The van der Waals surface area contributed by atoms with Crippen LogP contribution < -0.4 is 0 Å². The van der Waals surface area contributed by atoms with Gasteiger partial charge in [0, 0.05) is 13.2 Å². The topological polar surface area (TPSA) is 9.23 Å². The number of hydrogen-bond acceptors (Lipinski definition) is 1. The maximum atomic E-state index is 6.15. The van der Waals surface area contributed by atoms with E-state index in [1.807, 2.05) is 0 Å². The smallest absolute Gasteiger partial charge is 0.155 e. The molecule has 0 unspecified atom stereocenters. The van der Waals surface area contributed by atoms with Crippen molar-refractivity contribution in [2.24, 2.45) is 0 Å². The van der Waals surface area contributed by atoms with Gasteiger partial charge in [0.25, 0.3) is 0 Å². The molecule has 0 aliphatic carbocycles. The van der Waals surface area contributed by atoms with Gasteiger partial charge in [-0.2, -0.15) is 11.1 Å². The minimum atomic E-state index is -1.39. The third-order valence-corrected chi connectivity index (χ3v) is 7.88. The van der Waals surface area contributed by atoms with Gasteiger partial charge in [0.2, 0.25) is 0 Å². The van der Waals surface area contributed by atoms with Gasteiger partial charge in [-0.3, -0.25) is 0 Å². The van der Waals surface area contributed by atoms with E-state index in [1.54, 1.807) is 0 Å². The highest BCUT2D eigenvalue weighted by molar-refractivity contribution is 7.20. The van der Waals surface area contributed by atoms with Crippen LogP contribution in [0.15, 0.2) is 0 Å². The molecule has 0 saturated carbocycles. The summed E-state index contributed by atoms with van der Waals surface area (Å²) in [5.74, 6) is 0. The Hall–Kier alpha value is 0.467. The average molecular weight is 223 g/mol. The molecule has 0 amide bonds. The Bertz CT molecular complexity index is 111. The lowest BCUT2D eigenvalue weighted by atomic mass is 10.2. The van der Waals surface area contributed by atoms with Crippen LogP contribution in [0.25, 0.3) is 0 Å². The molecule has 0 spiro atoms. The third-order valence-electron chi connectivity index (χ3n) is 2.61. The molecule has 0 aromatic heterocycles. The van der Waals surface area contributed by atoms with Gasteiger partial charge < -0.3 is 4.74 Å². The van der Waals surface area contributed by atoms with Crippen molar-refractivity contribution in [3.05, 3.63) is 0 Å². The molecule has 0 aromatic rings. The summed E-state index contributed by atoms with van der Waals surface area (Å²) in [6.45, 7) is 13.0. The largest absolute Gasteiger partial charge is 0.381 e. The summed E-state index contributed by atoms with van der Waals surface area (Å²) in [6.07, 6.45) is 2.56. The molecule has 13 heavy (non-hydrogen) atoms. The Kier molecular flexibility index (Phi) is 5.57. The molecule has 1 rings (SSSR count). The third kappa shape index (κ3) is 6.53. The molecule has 0 N–H and O–H groups in total. The van der Waals surface area contributed by atoms with Crippen LogP contribution in [0.3, 0.4) is 0 Å². The quantitative estimate of drug-likeness (QED) is 0.444. The van der Waals surface area contributed by atoms with E-state index in [0.717, 1.165) is 13.2 Å². The molecular formula is C10H23ClOSi. The normalized spacial score (nSPS) is 18.0. The molecule has 0 radical (unpaired) electrons. The first-order chi connectivity index (χ1) is 5.75. The van der Waals surface area contributed by atoms with Gasteiger partial charge >= 0.3 is 0 Å². The highest BCUT2D eigenvalue weighted by atomic mass is 35.6. The van der Waals surface area contributed by atoms with Crippen LogP contribution in [0.4, 0.5) is 0 Å². The van der Waals surface area contributed by atoms with Gasteiger partial charge in [-0.25, -0.2) is 0 Å². The Labute approximate surface area is 88.5 Å². The second-order valence-corrected chi connectivity index (χ2v) is 12.3. The summed E-state index contributed by atoms with van der Waals surface area (Å²) >= 11 is 6.15. The molecule has 1 nitrogen and oxygen atoms in total. The zero-order valence-corrected chi connectivity index (χ0v) is 11.4. The van der Waals surface area contributed by atoms with Crippen molar-refractivity contribution in [2.75, 3.05) is 13.2 Å². The number of halogens is 1. The molecule has 0 aromatic carbocycles. The van der Waals surface area contributed by atoms with Crippen molar-refractivity contribution in [1.29, 1.82) is 0 Å². The van der Waals surface area contributed by atoms with Crippen LogP contribution in [0.5, 0.6) is 0 Å². The summed E-state index contributed by atoms with van der Waals surface area (Å²) in [4.78, 5) is 0. The molecule has 80 valence electrons. The van der Waals surface area contributed by atoms with Crippen molar-refractivity contribution < 1.29 is 4.74 Å². The average Bonchev–Trinajstić information content (AvgIpc) is 2.35. The van der Waals surface area contributed by atoms with Gasteiger partial charge in [0.05, 0.1) is 0 Å². The lowest BCUT2D eigenvalue weighted by Gasteiger charge is -2.29. The molecule has 1 aliphatic rings. The summed E-state index contributed by atoms with van der Waals surface area (Å²) in [7, 11) is -1.39. The number of hydrogen-bond donors (Lipinski definition) is 0. The maximum absolute atomic E-state index is 6.15. The second kappa shape index (κ2) is 5.37. The fourth-order valence-electron chi connectivity index (χ4n) is 0.510. The van der Waals surface area contributed by atoms with Crippen molar-refractivity contribution in [3.63, 3.8) is 0 Å². The highest BCUT2D eigenvalue weighted by Crippen LogP contribution is 2.38. The molecule has 1 saturated heterocycles. The minimum absolute atomic E-state index is 0.342. The summed E-state index contributed by atoms with van der Waals surface area (Å²) in [5, 5.41) is 0.342. The zero-order valence-electron chi connectivity index (χ0n) is 9.61. The van der Waals surface area contributed by atoms with Crippen molar-refractivity contribution in [1.82, 2.24) is 0 Å². The molecule has 1 fully saturated rings. The standard InChI is InChI=1S/C6H15ClSi.C4H8O/c1-6(2,3)8(4,5)7;1-2-4-5-3-1/h1-5H3;1-4H2. The summed E-state index contributed by atoms with van der Waals surface area (Å²) in [5.41, 5.74) is 0. The van der Waals surface area contributed by atoms with E-state index in [2.05, 4.69) is 33.9 Å². The fraction of sp³-hybridized carbons (Fsp3) is 1.00. The molecule has 0 atom stereocenters. The van der Waals surface area contributed by atoms with E-state index >= 15 is 0 Å². The zero-order chi connectivity index (χ0) is 10.5. The van der Waals surface area contributed by atoms with Crippen LogP contribution >= 0.6 is 11.1 Å². The first-order valence-corrected chi connectivity index (χ1v) is 9.03. The molecule has 3 heteroatoms. The first kappa shape index (κ1) is 13.5. The molecular weight excluding hydrogens is 200 g/mol. The molecule has 1 aliphatic heterocycles. The summed E-state index contributed by atoms with van der Waals surface area (Å²) in [6, 6.07) is 0. The highest BCUT2D eigenvalue weighted by Gasteiger charge is 2.32. The van der Waals surface area contributed by atoms with Crippen molar-refractivity contribution in [3.8, 4) is 0 Å². The Balaban J connectivity index is 0.000000243. The first-order valence-electron chi connectivity index (χ1n) is 5.02. The SMILES string of the molecule is C1CCOC1.CC(C)(C)[Si](C)(C)Cl. The Morgan fingerprint density at radius 3 is 1.46 bits per heavy atom. The Morgan fingerprint density at radius 2 is 1.38 bits per heavy atom. The van der Waals surface area contributed by atoms with Crippen LogP contribution in [0.1, 0.15) is 33.6 Å². The molecule has 1 heterocycles. The van der Waals surface area contributed by atoms with Gasteiger partial charge in [-0.1, -0.05) is 33.9 Å². The van der Waals surface area contributed by atoms with E-state index in [1.165, 1.54) is 12.8 Å². The van der Waals surface area contributed by atoms with Crippen molar-refractivity contribution >= 4 is 18.5 Å². The van der Waals surface area contributed by atoms with E-state index in [0.29, 0.717) is 5.04 Å². The van der Waals surface area contributed by atoms with E-state index in [-0.39, 0.29) is 0 Å². The van der Waals surface area contributed by atoms with E-state index < -0.39 is 7.38 Å². The van der Waals surface area contributed by atoms with Crippen molar-refractivity contribution in [2.45, 2.75) is 51.7 Å². The van der Waals surface area contributed by atoms with Crippen LogP contribution in [0.2, 0.25) is 18.1 Å². The van der Waals surface area contributed by atoms with Crippen LogP contribution in [0, 0.1) is 0 Å². The summed E-state index contributed by atoms with van der Waals surface area (Å²) < 4.78 is 4.94. The van der Waals surface area contributed by atoms with Gasteiger partial charge in [0.15, 0.2) is 7.38 Å². The van der Waals surface area contributed by atoms with Crippen LogP contribution in [-0.4, -0.2) is 20.6 Å². The maximum Gasteiger partial charge on any atom is 0.155 e. The predicted molar refractivity (Wildman–Crippen MR) is 63.1 cm³/mol. The number of rotatable bonds is 0.